The highest BCUT2D eigenvalue weighted by atomic mass is 16.3. The average molecular weight is 224 g/mol. The van der Waals surface area contributed by atoms with Gasteiger partial charge in [-0.05, 0) is 31.5 Å². The molecule has 0 amide bonds. The summed E-state index contributed by atoms with van der Waals surface area (Å²) in [5, 5.41) is 0. The number of rotatable bonds is 4. The number of hydrogen-bond acceptors (Lipinski definition) is 3. The molecule has 1 aromatic heterocycles. The highest BCUT2D eigenvalue weighted by Crippen LogP contribution is 2.24. The number of furan rings is 1. The predicted molar refractivity (Wildman–Crippen MR) is 67.0 cm³/mol. The van der Waals surface area contributed by atoms with Gasteiger partial charge < -0.3 is 10.2 Å². The standard InChI is InChI=1S/C13H24N2O/c1-10(13(2,3)4)15(5)9-12-7-6-11(8-14)16-12/h6-7,10H,8-9,14H2,1-5H3. The van der Waals surface area contributed by atoms with Crippen LogP contribution in [0.2, 0.25) is 0 Å². The van der Waals surface area contributed by atoms with Crippen LogP contribution in [0.1, 0.15) is 39.2 Å². The van der Waals surface area contributed by atoms with E-state index in [4.69, 9.17) is 10.2 Å². The molecule has 0 aliphatic heterocycles. The SMILES string of the molecule is CC(N(C)Cc1ccc(CN)o1)C(C)(C)C. The summed E-state index contributed by atoms with van der Waals surface area (Å²) in [6.07, 6.45) is 0. The minimum atomic E-state index is 0.276. The topological polar surface area (TPSA) is 42.4 Å². The van der Waals surface area contributed by atoms with Crippen molar-refractivity contribution >= 4 is 0 Å². The van der Waals surface area contributed by atoms with E-state index in [1.165, 1.54) is 0 Å². The first kappa shape index (κ1) is 13.3. The van der Waals surface area contributed by atoms with E-state index in [1.54, 1.807) is 0 Å². The zero-order valence-electron chi connectivity index (χ0n) is 11.1. The van der Waals surface area contributed by atoms with E-state index in [9.17, 15) is 0 Å². The Kier molecular flexibility index (Phi) is 4.16. The Morgan fingerprint density at radius 1 is 1.31 bits per heavy atom. The lowest BCUT2D eigenvalue weighted by molar-refractivity contribution is 0.126. The maximum absolute atomic E-state index is 5.60. The molecule has 92 valence electrons. The van der Waals surface area contributed by atoms with Gasteiger partial charge in [-0.2, -0.15) is 0 Å². The molecule has 1 unspecified atom stereocenters. The van der Waals surface area contributed by atoms with Crippen molar-refractivity contribution in [3.63, 3.8) is 0 Å². The lowest BCUT2D eigenvalue weighted by Gasteiger charge is -2.34. The quantitative estimate of drug-likeness (QED) is 0.855. The van der Waals surface area contributed by atoms with Crippen LogP contribution in [0.4, 0.5) is 0 Å². The van der Waals surface area contributed by atoms with Crippen molar-refractivity contribution in [1.29, 1.82) is 0 Å². The van der Waals surface area contributed by atoms with E-state index >= 15 is 0 Å². The van der Waals surface area contributed by atoms with Gasteiger partial charge in [0.1, 0.15) is 11.5 Å². The molecule has 0 radical (unpaired) electrons. The fourth-order valence-corrected chi connectivity index (χ4v) is 1.66. The molecule has 0 bridgehead atoms. The number of nitrogens with zero attached hydrogens (tertiary/aromatic N) is 1. The van der Waals surface area contributed by atoms with Gasteiger partial charge in [0.2, 0.25) is 0 Å². The van der Waals surface area contributed by atoms with E-state index in [2.05, 4.69) is 39.6 Å². The Hall–Kier alpha value is -0.800. The van der Waals surface area contributed by atoms with E-state index in [-0.39, 0.29) is 5.41 Å². The lowest BCUT2D eigenvalue weighted by atomic mass is 9.87. The van der Waals surface area contributed by atoms with Crippen LogP contribution in [0.3, 0.4) is 0 Å². The molecule has 1 heterocycles. The second kappa shape index (κ2) is 5.02. The van der Waals surface area contributed by atoms with Crippen LogP contribution in [0.25, 0.3) is 0 Å². The maximum Gasteiger partial charge on any atom is 0.118 e. The fraction of sp³-hybridized carbons (Fsp3) is 0.692. The first-order chi connectivity index (χ1) is 7.34. The molecule has 0 saturated carbocycles. The summed E-state index contributed by atoms with van der Waals surface area (Å²) >= 11 is 0. The van der Waals surface area contributed by atoms with Gasteiger partial charge >= 0.3 is 0 Å². The van der Waals surface area contributed by atoms with Crippen molar-refractivity contribution in [3.8, 4) is 0 Å². The van der Waals surface area contributed by atoms with Crippen LogP contribution >= 0.6 is 0 Å². The van der Waals surface area contributed by atoms with Crippen molar-refractivity contribution in [2.75, 3.05) is 7.05 Å². The zero-order valence-corrected chi connectivity index (χ0v) is 11.1. The van der Waals surface area contributed by atoms with Crippen LogP contribution in [-0.2, 0) is 13.1 Å². The molecular formula is C13H24N2O. The highest BCUT2D eigenvalue weighted by Gasteiger charge is 2.24. The van der Waals surface area contributed by atoms with Crippen LogP contribution in [0.5, 0.6) is 0 Å². The molecule has 1 rings (SSSR count). The Balaban J connectivity index is 2.60. The maximum atomic E-state index is 5.60. The molecular weight excluding hydrogens is 200 g/mol. The number of nitrogens with two attached hydrogens (primary N) is 1. The summed E-state index contributed by atoms with van der Waals surface area (Å²) in [6.45, 7) is 10.3. The van der Waals surface area contributed by atoms with E-state index in [0.29, 0.717) is 12.6 Å². The summed E-state index contributed by atoms with van der Waals surface area (Å²) < 4.78 is 5.60. The molecule has 3 heteroatoms. The molecule has 0 aliphatic rings. The lowest BCUT2D eigenvalue weighted by Crippen LogP contribution is -2.38. The third-order valence-electron chi connectivity index (χ3n) is 3.24. The molecule has 0 aromatic carbocycles. The summed E-state index contributed by atoms with van der Waals surface area (Å²) in [5.41, 5.74) is 5.79. The van der Waals surface area contributed by atoms with Crippen molar-refractivity contribution in [3.05, 3.63) is 23.7 Å². The molecule has 2 N–H and O–H groups in total. The Labute approximate surface area is 98.6 Å². The zero-order chi connectivity index (χ0) is 12.3. The van der Waals surface area contributed by atoms with Crippen molar-refractivity contribution in [2.24, 2.45) is 11.1 Å². The van der Waals surface area contributed by atoms with Crippen LogP contribution < -0.4 is 5.73 Å². The van der Waals surface area contributed by atoms with E-state index in [0.717, 1.165) is 18.1 Å². The first-order valence-corrected chi connectivity index (χ1v) is 5.82. The molecule has 16 heavy (non-hydrogen) atoms. The van der Waals surface area contributed by atoms with E-state index in [1.807, 2.05) is 12.1 Å². The van der Waals surface area contributed by atoms with Gasteiger partial charge in [0, 0.05) is 6.04 Å². The van der Waals surface area contributed by atoms with Gasteiger partial charge in [-0.1, -0.05) is 20.8 Å². The van der Waals surface area contributed by atoms with Crippen LogP contribution in [-0.4, -0.2) is 18.0 Å². The number of hydrogen-bond donors (Lipinski definition) is 1. The molecule has 1 aromatic rings. The largest absolute Gasteiger partial charge is 0.463 e. The monoisotopic (exact) mass is 224 g/mol. The summed E-state index contributed by atoms with van der Waals surface area (Å²) in [5.74, 6) is 1.84. The molecule has 0 aliphatic carbocycles. The van der Waals surface area contributed by atoms with Crippen molar-refractivity contribution in [2.45, 2.75) is 46.8 Å². The minimum Gasteiger partial charge on any atom is -0.463 e. The van der Waals surface area contributed by atoms with Gasteiger partial charge in [-0.25, -0.2) is 0 Å². The second-order valence-electron chi connectivity index (χ2n) is 5.53. The minimum absolute atomic E-state index is 0.276. The van der Waals surface area contributed by atoms with Crippen molar-refractivity contribution < 1.29 is 4.42 Å². The fourth-order valence-electron chi connectivity index (χ4n) is 1.66. The van der Waals surface area contributed by atoms with Gasteiger partial charge in [0.05, 0.1) is 13.1 Å². The van der Waals surface area contributed by atoms with Crippen LogP contribution in [0, 0.1) is 5.41 Å². The summed E-state index contributed by atoms with van der Waals surface area (Å²) in [6, 6.07) is 4.46. The Morgan fingerprint density at radius 2 is 1.88 bits per heavy atom. The molecule has 1 atom stereocenters. The summed E-state index contributed by atoms with van der Waals surface area (Å²) in [7, 11) is 2.13. The van der Waals surface area contributed by atoms with Gasteiger partial charge in [-0.3, -0.25) is 4.90 Å². The third-order valence-corrected chi connectivity index (χ3v) is 3.24. The summed E-state index contributed by atoms with van der Waals surface area (Å²) in [4.78, 5) is 2.30. The predicted octanol–water partition coefficient (Wildman–Crippen LogP) is 2.60. The molecule has 0 saturated heterocycles. The van der Waals surface area contributed by atoms with Gasteiger partial charge in [-0.15, -0.1) is 0 Å². The van der Waals surface area contributed by atoms with Crippen LogP contribution in [0.15, 0.2) is 16.5 Å². The van der Waals surface area contributed by atoms with Gasteiger partial charge in [0.25, 0.3) is 0 Å². The van der Waals surface area contributed by atoms with Gasteiger partial charge in [0.15, 0.2) is 0 Å². The van der Waals surface area contributed by atoms with Crippen molar-refractivity contribution in [1.82, 2.24) is 4.90 Å². The third kappa shape index (κ3) is 3.35. The molecule has 0 spiro atoms. The first-order valence-electron chi connectivity index (χ1n) is 5.82. The van der Waals surface area contributed by atoms with E-state index < -0.39 is 0 Å². The highest BCUT2D eigenvalue weighted by molar-refractivity contribution is 5.06. The Morgan fingerprint density at radius 3 is 2.31 bits per heavy atom. The molecule has 3 nitrogen and oxygen atoms in total. The average Bonchev–Trinajstić information content (AvgIpc) is 2.63. The normalized spacial score (nSPS) is 14.4. The second-order valence-corrected chi connectivity index (χ2v) is 5.53. The molecule has 0 fully saturated rings. The smallest absolute Gasteiger partial charge is 0.118 e. The Bertz CT molecular complexity index is 325.